The molecule has 1 atom stereocenters. The van der Waals surface area contributed by atoms with Crippen molar-refractivity contribution in [3.63, 3.8) is 0 Å². The Labute approximate surface area is 228 Å². The van der Waals surface area contributed by atoms with E-state index < -0.39 is 35.4 Å². The number of anilines is 1. The first kappa shape index (κ1) is 27.1. The number of pyridine rings is 2. The highest BCUT2D eigenvalue weighted by Crippen LogP contribution is 2.47. The Kier molecular flexibility index (Phi) is 7.35. The van der Waals surface area contributed by atoms with Gasteiger partial charge in [-0.2, -0.15) is 0 Å². The lowest BCUT2D eigenvalue weighted by Crippen LogP contribution is -2.45. The number of amides is 2. The van der Waals surface area contributed by atoms with Gasteiger partial charge in [0.25, 0.3) is 18.2 Å². The van der Waals surface area contributed by atoms with E-state index in [1.807, 2.05) is 13.0 Å². The van der Waals surface area contributed by atoms with Crippen molar-refractivity contribution in [2.45, 2.75) is 50.7 Å². The number of hydrogen-bond donors (Lipinski definition) is 2. The summed E-state index contributed by atoms with van der Waals surface area (Å²) >= 11 is 5.87. The standard InChI is InChI=1S/C28H26ClF3N4O3/c1-15-3-2-4-21-24(15)36(27(38)28(21,39)20-9-10-33-13-22(20)30)14-16-5-7-18(8-6-16)35-26(37)19-11-17(29)12-34-23(19)25(31)32/h2-4,9-13,16,18,25,39H,5-8,14H2,1H3,(H,35,37). The van der Waals surface area contributed by atoms with Gasteiger partial charge in [0.1, 0.15) is 11.5 Å². The SMILES string of the molecule is Cc1cccc2c1N(CC1CCC(NC(=O)c3cc(Cl)cnc3C(F)F)CC1)C(=O)C2(O)c1ccncc1F. The van der Waals surface area contributed by atoms with Gasteiger partial charge in [-0.15, -0.1) is 0 Å². The summed E-state index contributed by atoms with van der Waals surface area (Å²) in [5.41, 5.74) is -1.54. The van der Waals surface area contributed by atoms with E-state index in [0.29, 0.717) is 43.5 Å². The molecule has 7 nitrogen and oxygen atoms in total. The maximum atomic E-state index is 14.7. The van der Waals surface area contributed by atoms with E-state index in [2.05, 4.69) is 15.3 Å². The average Bonchev–Trinajstić information content (AvgIpc) is 3.13. The van der Waals surface area contributed by atoms with Gasteiger partial charge in [-0.05, 0) is 56.2 Å². The minimum Gasteiger partial charge on any atom is -0.372 e. The number of aryl methyl sites for hydroxylation is 1. The molecule has 1 fully saturated rings. The van der Waals surface area contributed by atoms with Crippen molar-refractivity contribution in [2.75, 3.05) is 11.4 Å². The Hall–Kier alpha value is -3.50. The number of benzene rings is 1. The maximum absolute atomic E-state index is 14.7. The Bertz CT molecular complexity index is 1430. The Morgan fingerprint density at radius 1 is 1.21 bits per heavy atom. The number of fused-ring (bicyclic) bond motifs is 1. The van der Waals surface area contributed by atoms with Crippen molar-refractivity contribution in [1.29, 1.82) is 0 Å². The van der Waals surface area contributed by atoms with Crippen molar-refractivity contribution >= 4 is 29.1 Å². The number of alkyl halides is 2. The second-order valence-corrected chi connectivity index (χ2v) is 10.5. The zero-order valence-corrected chi connectivity index (χ0v) is 21.8. The number of carbonyl (C=O) groups excluding carboxylic acids is 2. The lowest BCUT2D eigenvalue weighted by Gasteiger charge is -2.32. The van der Waals surface area contributed by atoms with E-state index in [1.165, 1.54) is 23.2 Å². The predicted molar refractivity (Wildman–Crippen MR) is 138 cm³/mol. The quantitative estimate of drug-likeness (QED) is 0.440. The van der Waals surface area contributed by atoms with E-state index in [-0.39, 0.29) is 28.1 Å². The molecule has 5 rings (SSSR count). The van der Waals surface area contributed by atoms with Crippen LogP contribution in [-0.4, -0.2) is 39.5 Å². The monoisotopic (exact) mass is 558 g/mol. The molecule has 3 heterocycles. The van der Waals surface area contributed by atoms with Gasteiger partial charge in [0.2, 0.25) is 0 Å². The van der Waals surface area contributed by atoms with Crippen LogP contribution in [0.5, 0.6) is 0 Å². The van der Waals surface area contributed by atoms with Crippen LogP contribution in [0.3, 0.4) is 0 Å². The summed E-state index contributed by atoms with van der Waals surface area (Å²) in [5, 5.41) is 14.5. The Balaban J connectivity index is 1.30. The smallest absolute Gasteiger partial charge is 0.281 e. The van der Waals surface area contributed by atoms with Gasteiger partial charge >= 0.3 is 0 Å². The van der Waals surface area contributed by atoms with Crippen LogP contribution in [0.2, 0.25) is 5.02 Å². The Morgan fingerprint density at radius 2 is 1.95 bits per heavy atom. The number of hydrogen-bond acceptors (Lipinski definition) is 5. The first-order chi connectivity index (χ1) is 18.6. The molecular weight excluding hydrogens is 533 g/mol. The third-order valence-corrected chi connectivity index (χ3v) is 7.78. The van der Waals surface area contributed by atoms with Gasteiger partial charge in [0, 0.05) is 36.1 Å². The van der Waals surface area contributed by atoms with Crippen LogP contribution >= 0.6 is 11.6 Å². The second-order valence-electron chi connectivity index (χ2n) is 10.0. The first-order valence-corrected chi connectivity index (χ1v) is 13.0. The minimum absolute atomic E-state index is 0.0451. The van der Waals surface area contributed by atoms with Gasteiger partial charge in [-0.25, -0.2) is 13.2 Å². The number of nitrogens with zero attached hydrogens (tertiary/aromatic N) is 3. The summed E-state index contributed by atoms with van der Waals surface area (Å²) in [5.74, 6) is -2.01. The summed E-state index contributed by atoms with van der Waals surface area (Å²) in [4.78, 5) is 35.3. The van der Waals surface area contributed by atoms with Crippen LogP contribution in [0.25, 0.3) is 0 Å². The molecule has 0 spiro atoms. The molecule has 204 valence electrons. The van der Waals surface area contributed by atoms with Crippen molar-refractivity contribution in [2.24, 2.45) is 5.92 Å². The van der Waals surface area contributed by atoms with E-state index in [0.717, 1.165) is 18.0 Å². The number of nitrogens with one attached hydrogen (secondary N) is 1. The van der Waals surface area contributed by atoms with E-state index >= 15 is 0 Å². The third kappa shape index (κ3) is 4.87. The summed E-state index contributed by atoms with van der Waals surface area (Å²) in [6, 6.07) is 7.43. The highest BCUT2D eigenvalue weighted by Gasteiger charge is 2.53. The van der Waals surface area contributed by atoms with Gasteiger partial charge in [-0.3, -0.25) is 19.6 Å². The number of para-hydroxylation sites is 1. The summed E-state index contributed by atoms with van der Waals surface area (Å²) in [7, 11) is 0. The zero-order chi connectivity index (χ0) is 27.9. The zero-order valence-electron chi connectivity index (χ0n) is 21.0. The number of aromatic nitrogens is 2. The largest absolute Gasteiger partial charge is 0.372 e. The molecule has 2 aliphatic rings. The van der Waals surface area contributed by atoms with Crippen LogP contribution in [0.15, 0.2) is 48.9 Å². The fourth-order valence-electron chi connectivity index (χ4n) is 5.64. The van der Waals surface area contributed by atoms with E-state index in [9.17, 15) is 27.9 Å². The molecule has 0 bridgehead atoms. The van der Waals surface area contributed by atoms with Gasteiger partial charge in [0.05, 0.1) is 22.5 Å². The summed E-state index contributed by atoms with van der Waals surface area (Å²) < 4.78 is 41.4. The molecule has 2 N–H and O–H groups in total. The van der Waals surface area contributed by atoms with Gasteiger partial charge < -0.3 is 15.3 Å². The van der Waals surface area contributed by atoms with Crippen molar-refractivity contribution in [1.82, 2.24) is 15.3 Å². The number of carbonyl (C=O) groups is 2. The molecule has 1 aliphatic heterocycles. The molecule has 11 heteroatoms. The third-order valence-electron chi connectivity index (χ3n) is 7.57. The van der Waals surface area contributed by atoms with Crippen LogP contribution in [0.1, 0.15) is 64.9 Å². The van der Waals surface area contributed by atoms with Crippen molar-refractivity contribution in [3.05, 3.63) is 87.7 Å². The second kappa shape index (κ2) is 10.6. The van der Waals surface area contributed by atoms with Crippen LogP contribution < -0.4 is 10.2 Å². The number of halogens is 4. The van der Waals surface area contributed by atoms with E-state index in [4.69, 9.17) is 11.6 Å². The minimum atomic E-state index is -2.91. The van der Waals surface area contributed by atoms with Crippen LogP contribution in [0, 0.1) is 18.7 Å². The summed E-state index contributed by atoms with van der Waals surface area (Å²) in [6.45, 7) is 2.14. The molecular formula is C28H26ClF3N4O3. The molecule has 0 saturated heterocycles. The predicted octanol–water partition coefficient (Wildman–Crippen LogP) is 5.09. The van der Waals surface area contributed by atoms with Crippen LogP contribution in [0.4, 0.5) is 18.9 Å². The topological polar surface area (TPSA) is 95.4 Å². The lowest BCUT2D eigenvalue weighted by molar-refractivity contribution is -0.132. The normalized spacial score (nSPS) is 22.7. The fourth-order valence-corrected chi connectivity index (χ4v) is 5.80. The first-order valence-electron chi connectivity index (χ1n) is 12.6. The fraction of sp³-hybridized carbons (Fsp3) is 0.357. The van der Waals surface area contributed by atoms with Crippen molar-refractivity contribution < 1.29 is 27.9 Å². The molecule has 1 aromatic carbocycles. The molecule has 0 radical (unpaired) electrons. The molecule has 2 aromatic heterocycles. The highest BCUT2D eigenvalue weighted by atomic mass is 35.5. The molecule has 1 aliphatic carbocycles. The molecule has 39 heavy (non-hydrogen) atoms. The Morgan fingerprint density at radius 3 is 2.64 bits per heavy atom. The highest BCUT2D eigenvalue weighted by molar-refractivity contribution is 6.30. The molecule has 1 unspecified atom stereocenters. The molecule has 2 amide bonds. The molecule has 1 saturated carbocycles. The van der Waals surface area contributed by atoms with Gasteiger partial charge in [-0.1, -0.05) is 29.8 Å². The average molecular weight is 559 g/mol. The van der Waals surface area contributed by atoms with Crippen molar-refractivity contribution in [3.8, 4) is 0 Å². The number of rotatable bonds is 6. The summed E-state index contributed by atoms with van der Waals surface area (Å²) in [6.07, 6.45) is 2.90. The number of aliphatic hydroxyl groups is 1. The lowest BCUT2D eigenvalue weighted by atomic mass is 9.85. The molecule has 3 aromatic rings. The van der Waals surface area contributed by atoms with E-state index in [1.54, 1.807) is 12.1 Å². The van der Waals surface area contributed by atoms with Gasteiger partial charge in [0.15, 0.2) is 5.60 Å². The maximum Gasteiger partial charge on any atom is 0.281 e. The van der Waals surface area contributed by atoms with Crippen LogP contribution in [-0.2, 0) is 10.4 Å².